The molecule has 0 fully saturated rings. The van der Waals surface area contributed by atoms with E-state index in [1.165, 1.54) is 13.0 Å². The van der Waals surface area contributed by atoms with Crippen LogP contribution in [-0.4, -0.2) is 24.5 Å². The molecule has 0 saturated carbocycles. The normalized spacial score (nSPS) is 27.4. The molecule has 11 heavy (non-hydrogen) atoms. The Morgan fingerprint density at radius 3 is 2.64 bits per heavy atom. The second-order valence-electron chi connectivity index (χ2n) is 3.80. The van der Waals surface area contributed by atoms with Crippen molar-refractivity contribution in [3.8, 4) is 0 Å². The molecule has 0 N–H and O–H groups in total. The molecule has 1 aliphatic rings. The first-order chi connectivity index (χ1) is 5.13. The molecule has 1 aliphatic heterocycles. The second kappa shape index (κ2) is 3.40. The summed E-state index contributed by atoms with van der Waals surface area (Å²) < 4.78 is 0. The van der Waals surface area contributed by atoms with E-state index in [2.05, 4.69) is 38.8 Å². The zero-order valence-corrected chi connectivity index (χ0v) is 8.09. The fraction of sp³-hybridized carbons (Fsp3) is 0.800. The maximum Gasteiger partial charge on any atom is 0.0278 e. The molecule has 1 atom stereocenters. The molecule has 0 aromatic rings. The Bertz CT molecular complexity index is 158. The van der Waals surface area contributed by atoms with Gasteiger partial charge in [0.25, 0.3) is 0 Å². The highest BCUT2D eigenvalue weighted by molar-refractivity contribution is 5.15. The molecule has 0 radical (unpaired) electrons. The fourth-order valence-corrected chi connectivity index (χ4v) is 1.77. The van der Waals surface area contributed by atoms with Gasteiger partial charge in [-0.25, -0.2) is 0 Å². The van der Waals surface area contributed by atoms with Crippen LogP contribution in [0.5, 0.6) is 0 Å². The summed E-state index contributed by atoms with van der Waals surface area (Å²) >= 11 is 0. The summed E-state index contributed by atoms with van der Waals surface area (Å²) in [5.41, 5.74) is 1.61. The van der Waals surface area contributed by atoms with Crippen LogP contribution < -0.4 is 0 Å². The van der Waals surface area contributed by atoms with E-state index in [0.29, 0.717) is 12.0 Å². The molecular weight excluding hydrogens is 134 g/mol. The average molecular weight is 153 g/mol. The molecule has 1 heteroatoms. The molecule has 1 rings (SSSR count). The van der Waals surface area contributed by atoms with Gasteiger partial charge < -0.3 is 0 Å². The van der Waals surface area contributed by atoms with E-state index >= 15 is 0 Å². The third-order valence-electron chi connectivity index (χ3n) is 2.67. The molecule has 0 saturated heterocycles. The zero-order chi connectivity index (χ0) is 8.43. The molecule has 1 nitrogen and oxygen atoms in total. The molecule has 1 heterocycles. The van der Waals surface area contributed by atoms with Crippen LogP contribution in [0.15, 0.2) is 11.6 Å². The summed E-state index contributed by atoms with van der Waals surface area (Å²) in [6.07, 6.45) is 3.64. The van der Waals surface area contributed by atoms with Crippen LogP contribution in [0.4, 0.5) is 0 Å². The van der Waals surface area contributed by atoms with Crippen LogP contribution in [-0.2, 0) is 0 Å². The monoisotopic (exact) mass is 153 g/mol. The molecule has 64 valence electrons. The van der Waals surface area contributed by atoms with Crippen molar-refractivity contribution in [2.75, 3.05) is 13.6 Å². The summed E-state index contributed by atoms with van der Waals surface area (Å²) in [6.45, 7) is 8.07. The van der Waals surface area contributed by atoms with Gasteiger partial charge in [0.15, 0.2) is 0 Å². The van der Waals surface area contributed by atoms with Gasteiger partial charge in [-0.05, 0) is 26.3 Å². The van der Waals surface area contributed by atoms with E-state index in [0.717, 1.165) is 0 Å². The van der Waals surface area contributed by atoms with E-state index in [1.54, 1.807) is 5.57 Å². The number of hydrogen-bond acceptors (Lipinski definition) is 1. The largest absolute Gasteiger partial charge is 0.300 e. The Balaban J connectivity index is 2.70. The van der Waals surface area contributed by atoms with Crippen molar-refractivity contribution >= 4 is 0 Å². The molecule has 0 spiro atoms. The van der Waals surface area contributed by atoms with Crippen LogP contribution >= 0.6 is 0 Å². The predicted molar refractivity (Wildman–Crippen MR) is 49.6 cm³/mol. The quantitative estimate of drug-likeness (QED) is 0.522. The minimum atomic E-state index is 0.656. The van der Waals surface area contributed by atoms with Crippen molar-refractivity contribution < 1.29 is 0 Å². The fourth-order valence-electron chi connectivity index (χ4n) is 1.77. The molecule has 1 unspecified atom stereocenters. The van der Waals surface area contributed by atoms with Gasteiger partial charge in [-0.1, -0.05) is 25.5 Å². The van der Waals surface area contributed by atoms with Gasteiger partial charge in [-0.2, -0.15) is 0 Å². The van der Waals surface area contributed by atoms with Crippen molar-refractivity contribution in [3.63, 3.8) is 0 Å². The highest BCUT2D eigenvalue weighted by atomic mass is 15.1. The minimum Gasteiger partial charge on any atom is -0.300 e. The Hall–Kier alpha value is -0.300. The Morgan fingerprint density at radius 1 is 1.55 bits per heavy atom. The average Bonchev–Trinajstić information content (AvgIpc) is 1.94. The topological polar surface area (TPSA) is 3.24 Å². The summed E-state index contributed by atoms with van der Waals surface area (Å²) in [5, 5.41) is 0. The van der Waals surface area contributed by atoms with Crippen molar-refractivity contribution in [2.45, 2.75) is 33.2 Å². The standard InChI is InChI=1S/C10H19N/c1-8(2)10-6-5-7-11(4)9(10)3/h6,8-9H,5,7H2,1-4H3. The highest BCUT2D eigenvalue weighted by Crippen LogP contribution is 2.22. The van der Waals surface area contributed by atoms with E-state index in [1.807, 2.05) is 0 Å². The van der Waals surface area contributed by atoms with Gasteiger partial charge in [0.2, 0.25) is 0 Å². The van der Waals surface area contributed by atoms with Gasteiger partial charge in [0.05, 0.1) is 0 Å². The lowest BCUT2D eigenvalue weighted by Crippen LogP contribution is -2.35. The highest BCUT2D eigenvalue weighted by Gasteiger charge is 2.19. The predicted octanol–water partition coefficient (Wildman–Crippen LogP) is 2.29. The van der Waals surface area contributed by atoms with Gasteiger partial charge in [0.1, 0.15) is 0 Å². The first-order valence-electron chi connectivity index (χ1n) is 4.53. The molecule has 0 amide bonds. The van der Waals surface area contributed by atoms with E-state index in [-0.39, 0.29) is 0 Å². The van der Waals surface area contributed by atoms with Crippen molar-refractivity contribution in [3.05, 3.63) is 11.6 Å². The van der Waals surface area contributed by atoms with Gasteiger partial charge in [0, 0.05) is 12.6 Å². The van der Waals surface area contributed by atoms with E-state index < -0.39 is 0 Å². The van der Waals surface area contributed by atoms with Crippen LogP contribution in [0.3, 0.4) is 0 Å². The summed E-state index contributed by atoms with van der Waals surface area (Å²) in [4.78, 5) is 2.43. The van der Waals surface area contributed by atoms with Crippen molar-refractivity contribution in [2.24, 2.45) is 5.92 Å². The molecule has 0 aliphatic carbocycles. The Labute approximate surface area is 70.1 Å². The molecule has 0 aromatic carbocycles. The van der Waals surface area contributed by atoms with Gasteiger partial charge in [-0.3, -0.25) is 4.90 Å². The van der Waals surface area contributed by atoms with Crippen molar-refractivity contribution in [1.29, 1.82) is 0 Å². The smallest absolute Gasteiger partial charge is 0.0278 e. The van der Waals surface area contributed by atoms with E-state index in [4.69, 9.17) is 0 Å². The summed E-state index contributed by atoms with van der Waals surface area (Å²) in [5.74, 6) is 0.716. The maximum absolute atomic E-state index is 2.43. The lowest BCUT2D eigenvalue weighted by atomic mass is 9.92. The second-order valence-corrected chi connectivity index (χ2v) is 3.80. The Morgan fingerprint density at radius 2 is 2.18 bits per heavy atom. The minimum absolute atomic E-state index is 0.656. The third kappa shape index (κ3) is 1.84. The molecular formula is C10H19N. The first kappa shape index (κ1) is 8.79. The Kier molecular flexibility index (Phi) is 2.72. The third-order valence-corrected chi connectivity index (χ3v) is 2.67. The van der Waals surface area contributed by atoms with Crippen molar-refractivity contribution in [1.82, 2.24) is 4.90 Å². The summed E-state index contributed by atoms with van der Waals surface area (Å²) in [7, 11) is 2.21. The van der Waals surface area contributed by atoms with Crippen LogP contribution in [0, 0.1) is 5.92 Å². The SMILES string of the molecule is CC(C)C1=CCCN(C)C1C. The molecule has 0 aromatic heterocycles. The van der Waals surface area contributed by atoms with Crippen LogP contribution in [0.2, 0.25) is 0 Å². The number of likely N-dealkylation sites (N-methyl/N-ethyl adjacent to an activating group) is 1. The van der Waals surface area contributed by atoms with Gasteiger partial charge in [-0.15, -0.1) is 0 Å². The number of rotatable bonds is 1. The number of hydrogen-bond donors (Lipinski definition) is 0. The first-order valence-corrected chi connectivity index (χ1v) is 4.53. The maximum atomic E-state index is 2.43. The lowest BCUT2D eigenvalue weighted by molar-refractivity contribution is 0.265. The summed E-state index contributed by atoms with van der Waals surface area (Å²) in [6, 6.07) is 0.656. The van der Waals surface area contributed by atoms with Crippen LogP contribution in [0.1, 0.15) is 27.2 Å². The van der Waals surface area contributed by atoms with Crippen LogP contribution in [0.25, 0.3) is 0 Å². The van der Waals surface area contributed by atoms with Gasteiger partial charge >= 0.3 is 0 Å². The lowest BCUT2D eigenvalue weighted by Gasteiger charge is -2.32. The number of nitrogens with zero attached hydrogens (tertiary/aromatic N) is 1. The van der Waals surface area contributed by atoms with E-state index in [9.17, 15) is 0 Å². The zero-order valence-electron chi connectivity index (χ0n) is 8.09. The molecule has 0 bridgehead atoms.